The summed E-state index contributed by atoms with van der Waals surface area (Å²) < 4.78 is 79.7. The summed E-state index contributed by atoms with van der Waals surface area (Å²) in [6.45, 7) is 0.365. The van der Waals surface area contributed by atoms with Crippen molar-refractivity contribution in [1.82, 2.24) is 0 Å². The third-order valence-electron chi connectivity index (χ3n) is 7.05. The molecule has 5 aliphatic rings. The largest absolute Gasteiger partial charge is 0.465 e. The van der Waals surface area contributed by atoms with Crippen molar-refractivity contribution in [2.24, 2.45) is 17.8 Å². The Morgan fingerprint density at radius 2 is 1.78 bits per heavy atom. The maximum atomic E-state index is 13.9. The lowest BCUT2D eigenvalue weighted by Crippen LogP contribution is -2.68. The second kappa shape index (κ2) is 7.70. The number of carbonyl (C=O) groups excluding carboxylic acids is 1. The monoisotopic (exact) mass is 808 g/mol. The van der Waals surface area contributed by atoms with Crippen LogP contribution in [0.5, 0.6) is 5.75 Å². The number of alkyl halides is 2. The minimum Gasteiger partial charge on any atom is -0.460 e. The molecule has 0 radical (unpaired) electrons. The lowest BCUT2D eigenvalue weighted by atomic mass is 9.51. The third kappa shape index (κ3) is 3.52. The van der Waals surface area contributed by atoms with E-state index in [1.807, 2.05) is 6.07 Å². The first-order valence-corrected chi connectivity index (χ1v) is 14.5. The van der Waals surface area contributed by atoms with E-state index in [2.05, 4.69) is 67.8 Å². The maximum absolute atomic E-state index is 13.9. The van der Waals surface area contributed by atoms with E-state index in [4.69, 9.17) is 18.8 Å². The van der Waals surface area contributed by atoms with Crippen LogP contribution < -0.4 is 4.74 Å². The van der Waals surface area contributed by atoms with E-state index >= 15 is 0 Å². The zero-order chi connectivity index (χ0) is 23.3. The lowest BCUT2D eigenvalue weighted by Gasteiger charge is -2.63. The van der Waals surface area contributed by atoms with E-state index in [9.17, 15) is 22.0 Å². The quantitative estimate of drug-likeness (QED) is 0.205. The Labute approximate surface area is 223 Å². The summed E-state index contributed by atoms with van der Waals surface area (Å²) in [6, 6.07) is 2.03. The van der Waals surface area contributed by atoms with Gasteiger partial charge in [-0.2, -0.15) is 17.2 Å². The molecule has 0 amide bonds. The van der Waals surface area contributed by atoms with Crippen molar-refractivity contribution in [3.63, 3.8) is 0 Å². The first-order chi connectivity index (χ1) is 14.8. The predicted octanol–water partition coefficient (Wildman–Crippen LogP) is 4.71. The number of ether oxygens (including phenoxy) is 3. The number of hydrogen-bond donors (Lipinski definition) is 1. The summed E-state index contributed by atoms with van der Waals surface area (Å²) in [5.41, 5.74) is -0.263. The zero-order valence-corrected chi connectivity index (χ0v) is 23.5. The summed E-state index contributed by atoms with van der Waals surface area (Å²) in [5.74, 6) is -2.64. The molecule has 2 unspecified atom stereocenters. The van der Waals surface area contributed by atoms with Gasteiger partial charge in [-0.05, 0) is 112 Å². The molecule has 1 spiro atoms. The fraction of sp³-hybridized carbons (Fsp3) is 0.632. The average Bonchev–Trinajstić information content (AvgIpc) is 2.69. The molecule has 32 heavy (non-hydrogen) atoms. The van der Waals surface area contributed by atoms with Gasteiger partial charge in [-0.1, -0.05) is 0 Å². The number of rotatable bonds is 3. The molecule has 4 fully saturated rings. The average molecular weight is 808 g/mol. The first-order valence-electron chi connectivity index (χ1n) is 9.86. The van der Waals surface area contributed by atoms with Crippen LogP contribution in [0, 0.1) is 28.5 Å². The molecule has 7 nitrogen and oxygen atoms in total. The van der Waals surface area contributed by atoms with E-state index in [0.717, 1.165) is 34.9 Å². The highest BCUT2D eigenvalue weighted by Crippen LogP contribution is 2.64. The van der Waals surface area contributed by atoms with Crippen LogP contribution in [0.25, 0.3) is 0 Å². The van der Waals surface area contributed by atoms with Gasteiger partial charge in [-0.25, -0.2) is 4.79 Å². The number of carbonyl (C=O) groups is 1. The van der Waals surface area contributed by atoms with Crippen molar-refractivity contribution in [2.75, 3.05) is 0 Å². The molecule has 1 aliphatic heterocycles. The molecule has 0 aromatic heterocycles. The number of hydrogen-bond acceptors (Lipinski definition) is 6. The van der Waals surface area contributed by atoms with Crippen LogP contribution in [-0.2, 0) is 31.0 Å². The van der Waals surface area contributed by atoms with Crippen LogP contribution in [0.3, 0.4) is 0 Å². The van der Waals surface area contributed by atoms with E-state index in [1.165, 1.54) is 0 Å². The van der Waals surface area contributed by atoms with Crippen molar-refractivity contribution in [3.05, 3.63) is 22.3 Å². The molecule has 4 bridgehead atoms. The summed E-state index contributed by atoms with van der Waals surface area (Å²) in [6.07, 6.45) is 2.35. The molecule has 1 aromatic carbocycles. The molecule has 0 saturated heterocycles. The van der Waals surface area contributed by atoms with Crippen LogP contribution in [0.2, 0.25) is 0 Å². The molecule has 6 rings (SSSR count). The Kier molecular flexibility index (Phi) is 5.81. The van der Waals surface area contributed by atoms with Gasteiger partial charge in [0, 0.05) is 24.5 Å². The number of benzene rings is 1. The van der Waals surface area contributed by atoms with Crippen LogP contribution in [0.15, 0.2) is 6.07 Å². The van der Waals surface area contributed by atoms with Crippen molar-refractivity contribution >= 4 is 83.9 Å². The van der Waals surface area contributed by atoms with E-state index in [-0.39, 0.29) is 30.6 Å². The van der Waals surface area contributed by atoms with Crippen LogP contribution >= 0.6 is 67.8 Å². The normalized spacial score (nSPS) is 35.5. The Morgan fingerprint density at radius 3 is 2.38 bits per heavy atom. The molecule has 1 N–H and O–H groups in total. The molecule has 4 saturated carbocycles. The fourth-order valence-electron chi connectivity index (χ4n) is 5.97. The van der Waals surface area contributed by atoms with Crippen molar-refractivity contribution < 1.29 is 40.8 Å². The molecule has 1 aromatic rings. The number of fused-ring (bicyclic) bond motifs is 1. The highest BCUT2D eigenvalue weighted by atomic mass is 127. The summed E-state index contributed by atoms with van der Waals surface area (Å²) >= 11 is 6.80. The number of halogens is 5. The Hall–Kier alpha value is 0.410. The molecule has 1 heterocycles. The minimum absolute atomic E-state index is 0.134. The number of esters is 1. The molecular weight excluding hydrogens is 791 g/mol. The van der Waals surface area contributed by atoms with Gasteiger partial charge in [-0.15, -0.1) is 0 Å². The molecular formula is C19H17F2I3O7S. The van der Waals surface area contributed by atoms with Crippen LogP contribution in [0.1, 0.15) is 37.7 Å². The van der Waals surface area contributed by atoms with Gasteiger partial charge in [-0.3, -0.25) is 4.55 Å². The van der Waals surface area contributed by atoms with E-state index in [1.54, 1.807) is 0 Å². The highest BCUT2D eigenvalue weighted by Gasteiger charge is 2.68. The lowest BCUT2D eigenvalue weighted by molar-refractivity contribution is -0.338. The Balaban J connectivity index is 1.45. The summed E-state index contributed by atoms with van der Waals surface area (Å²) in [5, 5.41) is -5.01. The Bertz CT molecular complexity index is 1110. The van der Waals surface area contributed by atoms with Crippen molar-refractivity contribution in [1.29, 1.82) is 0 Å². The van der Waals surface area contributed by atoms with Gasteiger partial charge in [0.15, 0.2) is 0 Å². The van der Waals surface area contributed by atoms with Gasteiger partial charge in [0.1, 0.15) is 11.4 Å². The maximum Gasteiger partial charge on any atom is 0.465 e. The summed E-state index contributed by atoms with van der Waals surface area (Å²) in [7, 11) is -5.92. The standard InChI is InChI=1S/C19H17F2I3O7S/c20-19(21,32(26,27)28)16(25)31-17-4-8-1-10(5-17)18(11(2-8)6-17)29-7-9-3-12(22)13(23)14(24)15(9)30-18/h3,8,10-11H,1-2,4-7H2,(H,26,27,28). The van der Waals surface area contributed by atoms with E-state index < -0.39 is 32.7 Å². The van der Waals surface area contributed by atoms with Gasteiger partial charge < -0.3 is 14.2 Å². The van der Waals surface area contributed by atoms with Crippen LogP contribution in [-0.4, -0.2) is 35.6 Å². The third-order valence-corrected chi connectivity index (χ3v) is 12.9. The smallest absolute Gasteiger partial charge is 0.460 e. The molecule has 13 heteroatoms. The highest BCUT2D eigenvalue weighted by molar-refractivity contribution is 14.1. The van der Waals surface area contributed by atoms with E-state index in [0.29, 0.717) is 13.0 Å². The van der Waals surface area contributed by atoms with Crippen molar-refractivity contribution in [3.8, 4) is 5.75 Å². The fourth-order valence-corrected chi connectivity index (χ4v) is 8.53. The SMILES string of the molecule is O=C(OC12CC3CC(C1)C1(OCc4cc(I)c(I)c(I)c4O1)C(C3)C2)C(F)(F)S(=O)(=O)O. The van der Waals surface area contributed by atoms with Gasteiger partial charge in [0.05, 0.1) is 10.2 Å². The Morgan fingerprint density at radius 1 is 1.16 bits per heavy atom. The first kappa shape index (κ1) is 24.1. The second-order valence-corrected chi connectivity index (χ2v) is 13.8. The second-order valence-electron chi connectivity index (χ2n) is 8.99. The zero-order valence-electron chi connectivity index (χ0n) is 16.2. The van der Waals surface area contributed by atoms with Gasteiger partial charge in [0.2, 0.25) is 5.79 Å². The van der Waals surface area contributed by atoms with Gasteiger partial charge in [0.25, 0.3) is 0 Å². The molecule has 176 valence electrons. The van der Waals surface area contributed by atoms with Crippen molar-refractivity contribution in [2.45, 2.75) is 55.4 Å². The summed E-state index contributed by atoms with van der Waals surface area (Å²) in [4.78, 5) is 12.1. The van der Waals surface area contributed by atoms with Crippen LogP contribution in [0.4, 0.5) is 8.78 Å². The molecule has 4 aliphatic carbocycles. The predicted molar refractivity (Wildman–Crippen MR) is 132 cm³/mol. The minimum atomic E-state index is -5.92. The molecule has 2 atom stereocenters. The topological polar surface area (TPSA) is 99.1 Å². The van der Waals surface area contributed by atoms with Gasteiger partial charge >= 0.3 is 21.3 Å².